The molecule has 9 heteroatoms. The normalized spacial score (nSPS) is 13.5. The molecule has 1 unspecified atom stereocenters. The van der Waals surface area contributed by atoms with Gasteiger partial charge in [-0.15, -0.1) is 0 Å². The van der Waals surface area contributed by atoms with Crippen LogP contribution in [0.1, 0.15) is 6.92 Å². The fourth-order valence-electron chi connectivity index (χ4n) is 2.10. The van der Waals surface area contributed by atoms with Crippen LogP contribution in [0.5, 0.6) is 0 Å². The van der Waals surface area contributed by atoms with Crippen LogP contribution in [0, 0.1) is 18.2 Å². The molecule has 136 valence electrons. The molecular formula is C17H14F2N2O4S. The van der Waals surface area contributed by atoms with E-state index >= 15 is 0 Å². The highest BCUT2D eigenvalue weighted by molar-refractivity contribution is 7.91. The molecule has 0 bridgehead atoms. The van der Waals surface area contributed by atoms with Gasteiger partial charge in [0.25, 0.3) is 5.91 Å². The molecule has 2 aromatic carbocycles. The van der Waals surface area contributed by atoms with Gasteiger partial charge in [-0.3, -0.25) is 4.79 Å². The maximum absolute atomic E-state index is 13.6. The fourth-order valence-corrected chi connectivity index (χ4v) is 3.69. The van der Waals surface area contributed by atoms with Crippen molar-refractivity contribution < 1.29 is 27.1 Å². The average Bonchev–Trinajstić information content (AvgIpc) is 2.54. The van der Waals surface area contributed by atoms with E-state index in [-0.39, 0.29) is 16.3 Å². The van der Waals surface area contributed by atoms with Crippen LogP contribution in [0.15, 0.2) is 47.4 Å². The number of aliphatic hydroxyl groups is 1. The number of nitrogens with zero attached hydrogens (tertiary/aromatic N) is 1. The molecule has 0 aliphatic rings. The molecule has 0 spiro atoms. The number of carbonyl (C=O) groups excluding carboxylic acids is 1. The van der Waals surface area contributed by atoms with Gasteiger partial charge in [-0.2, -0.15) is 0 Å². The van der Waals surface area contributed by atoms with Crippen LogP contribution in [0.4, 0.5) is 20.2 Å². The first-order valence-corrected chi connectivity index (χ1v) is 8.89. The molecule has 0 aromatic heterocycles. The van der Waals surface area contributed by atoms with Gasteiger partial charge in [-0.05, 0) is 43.3 Å². The summed E-state index contributed by atoms with van der Waals surface area (Å²) in [6, 6.07) is 7.22. The third-order valence-corrected chi connectivity index (χ3v) is 5.39. The minimum atomic E-state index is -4.08. The van der Waals surface area contributed by atoms with E-state index in [4.69, 9.17) is 6.57 Å². The van der Waals surface area contributed by atoms with Crippen LogP contribution in [0.2, 0.25) is 0 Å². The Bertz CT molecular complexity index is 981. The summed E-state index contributed by atoms with van der Waals surface area (Å²) < 4.78 is 51.1. The van der Waals surface area contributed by atoms with Crippen LogP contribution in [0.3, 0.4) is 0 Å². The standard InChI is InChI=1S/C17H14F2N2O4S/c1-17(23,10-26(24,25)13-6-3-11(18)4-7-13)16(22)21-12-5-8-15(20-2)14(19)9-12/h3-9,23H,10H2,1H3,(H,21,22). The van der Waals surface area contributed by atoms with Crippen molar-refractivity contribution in [3.05, 3.63) is 65.5 Å². The van der Waals surface area contributed by atoms with Gasteiger partial charge in [0, 0.05) is 5.69 Å². The molecular weight excluding hydrogens is 366 g/mol. The highest BCUT2D eigenvalue weighted by Gasteiger charge is 2.36. The predicted molar refractivity (Wildman–Crippen MR) is 90.4 cm³/mol. The van der Waals surface area contributed by atoms with E-state index in [9.17, 15) is 27.1 Å². The molecule has 0 aliphatic carbocycles. The van der Waals surface area contributed by atoms with Gasteiger partial charge in [-0.25, -0.2) is 22.0 Å². The van der Waals surface area contributed by atoms with E-state index in [1.807, 2.05) is 0 Å². The quantitative estimate of drug-likeness (QED) is 0.617. The molecule has 0 saturated heterocycles. The van der Waals surface area contributed by atoms with E-state index in [1.165, 1.54) is 6.07 Å². The summed E-state index contributed by atoms with van der Waals surface area (Å²) >= 11 is 0. The van der Waals surface area contributed by atoms with E-state index in [1.54, 1.807) is 0 Å². The molecule has 26 heavy (non-hydrogen) atoms. The van der Waals surface area contributed by atoms with Crippen LogP contribution in [-0.2, 0) is 14.6 Å². The minimum absolute atomic E-state index is 0.0423. The molecule has 0 saturated carbocycles. The lowest BCUT2D eigenvalue weighted by molar-refractivity contribution is -0.130. The molecule has 2 N–H and O–H groups in total. The van der Waals surface area contributed by atoms with Gasteiger partial charge in [0.05, 0.1) is 17.2 Å². The largest absolute Gasteiger partial charge is 0.379 e. The SMILES string of the molecule is [C-]#[N+]c1ccc(NC(=O)C(C)(O)CS(=O)(=O)c2ccc(F)cc2)cc1F. The van der Waals surface area contributed by atoms with Crippen molar-refractivity contribution in [2.24, 2.45) is 0 Å². The smallest absolute Gasteiger partial charge is 0.257 e. The summed E-state index contributed by atoms with van der Waals surface area (Å²) in [5, 5.41) is 12.5. The molecule has 1 atom stereocenters. The number of hydrogen-bond donors (Lipinski definition) is 2. The minimum Gasteiger partial charge on any atom is -0.379 e. The second kappa shape index (κ2) is 7.19. The first kappa shape index (κ1) is 19.5. The first-order chi connectivity index (χ1) is 12.0. The Kier molecular flexibility index (Phi) is 5.39. The highest BCUT2D eigenvalue weighted by Crippen LogP contribution is 2.23. The number of anilines is 1. The molecule has 2 aromatic rings. The number of benzene rings is 2. The van der Waals surface area contributed by atoms with Gasteiger partial charge >= 0.3 is 0 Å². The summed E-state index contributed by atoms with van der Waals surface area (Å²) in [6.45, 7) is 7.75. The van der Waals surface area contributed by atoms with Gasteiger partial charge in [0.15, 0.2) is 15.4 Å². The lowest BCUT2D eigenvalue weighted by Crippen LogP contribution is -2.45. The van der Waals surface area contributed by atoms with Crippen molar-refractivity contribution >= 4 is 27.1 Å². The number of amides is 1. The van der Waals surface area contributed by atoms with Crippen molar-refractivity contribution in [3.8, 4) is 0 Å². The van der Waals surface area contributed by atoms with Gasteiger partial charge < -0.3 is 10.4 Å². The summed E-state index contributed by atoms with van der Waals surface area (Å²) in [5.41, 5.74) is -2.62. The first-order valence-electron chi connectivity index (χ1n) is 7.24. The zero-order valence-corrected chi connectivity index (χ0v) is 14.3. The highest BCUT2D eigenvalue weighted by atomic mass is 32.2. The molecule has 0 aliphatic heterocycles. The number of rotatable bonds is 5. The number of sulfone groups is 1. The zero-order valence-electron chi connectivity index (χ0n) is 13.5. The summed E-state index contributed by atoms with van der Waals surface area (Å²) in [5.74, 6) is -3.52. The zero-order chi connectivity index (χ0) is 19.5. The average molecular weight is 380 g/mol. The van der Waals surface area contributed by atoms with E-state index in [0.717, 1.165) is 43.3 Å². The predicted octanol–water partition coefficient (Wildman–Crippen LogP) is 2.68. The summed E-state index contributed by atoms with van der Waals surface area (Å²) in [6.07, 6.45) is 0. The Morgan fingerprint density at radius 2 is 1.85 bits per heavy atom. The molecule has 2 rings (SSSR count). The van der Waals surface area contributed by atoms with Crippen molar-refractivity contribution in [2.45, 2.75) is 17.4 Å². The lowest BCUT2D eigenvalue weighted by Gasteiger charge is -2.22. The van der Waals surface area contributed by atoms with E-state index in [0.29, 0.717) is 0 Å². The number of carbonyl (C=O) groups is 1. The number of halogens is 2. The lowest BCUT2D eigenvalue weighted by atomic mass is 10.1. The van der Waals surface area contributed by atoms with Crippen molar-refractivity contribution in [2.75, 3.05) is 11.1 Å². The summed E-state index contributed by atoms with van der Waals surface area (Å²) in [4.78, 5) is 14.9. The molecule has 0 radical (unpaired) electrons. The van der Waals surface area contributed by atoms with Crippen LogP contribution in [0.25, 0.3) is 4.85 Å². The molecule has 6 nitrogen and oxygen atoms in total. The molecule has 1 amide bonds. The Morgan fingerprint density at radius 1 is 1.23 bits per heavy atom. The van der Waals surface area contributed by atoms with Gasteiger partial charge in [0.1, 0.15) is 11.6 Å². The third kappa shape index (κ3) is 4.41. The Balaban J connectivity index is 2.18. The topological polar surface area (TPSA) is 87.8 Å². The number of hydrogen-bond acceptors (Lipinski definition) is 4. The van der Waals surface area contributed by atoms with Gasteiger partial charge in [-0.1, -0.05) is 6.07 Å². The van der Waals surface area contributed by atoms with Gasteiger partial charge in [0.2, 0.25) is 5.69 Å². The Hall–Kier alpha value is -2.83. The number of nitrogens with one attached hydrogen (secondary N) is 1. The van der Waals surface area contributed by atoms with Crippen LogP contribution >= 0.6 is 0 Å². The molecule has 0 fully saturated rings. The van der Waals surface area contributed by atoms with E-state index in [2.05, 4.69) is 10.2 Å². The maximum atomic E-state index is 13.6. The monoisotopic (exact) mass is 380 g/mol. The molecule has 0 heterocycles. The van der Waals surface area contributed by atoms with Crippen LogP contribution in [-0.4, -0.2) is 30.8 Å². The van der Waals surface area contributed by atoms with Crippen molar-refractivity contribution in [1.29, 1.82) is 0 Å². The fraction of sp³-hybridized carbons (Fsp3) is 0.176. The second-order valence-corrected chi connectivity index (χ2v) is 7.71. The third-order valence-electron chi connectivity index (χ3n) is 3.46. The summed E-state index contributed by atoms with van der Waals surface area (Å²) in [7, 11) is -4.08. The Labute approximate surface area is 148 Å². The van der Waals surface area contributed by atoms with Crippen molar-refractivity contribution in [3.63, 3.8) is 0 Å². The van der Waals surface area contributed by atoms with Crippen molar-refractivity contribution in [1.82, 2.24) is 0 Å². The Morgan fingerprint density at radius 3 is 2.38 bits per heavy atom. The maximum Gasteiger partial charge on any atom is 0.257 e. The van der Waals surface area contributed by atoms with Crippen LogP contribution < -0.4 is 5.32 Å². The van der Waals surface area contributed by atoms with E-state index < -0.39 is 38.7 Å². The second-order valence-electron chi connectivity index (χ2n) is 5.72.